The molecular formula is C14H21BO2. The maximum absolute atomic E-state index is 5.98. The molecular weight excluding hydrogens is 211 g/mol. The minimum Gasteiger partial charge on any atom is -0.405 e. The van der Waals surface area contributed by atoms with Gasteiger partial charge >= 0.3 is 7.12 Å². The Hall–Kier alpha value is -0.795. The molecule has 1 aromatic rings. The molecule has 0 aromatic heterocycles. The Morgan fingerprint density at radius 1 is 1.29 bits per heavy atom. The average Bonchev–Trinajstić information content (AvgIpc) is 2.26. The molecule has 1 saturated heterocycles. The fourth-order valence-electron chi connectivity index (χ4n) is 2.37. The molecule has 1 aliphatic rings. The van der Waals surface area contributed by atoms with Gasteiger partial charge in [-0.05, 0) is 44.6 Å². The number of benzene rings is 1. The summed E-state index contributed by atoms with van der Waals surface area (Å²) >= 11 is 0. The van der Waals surface area contributed by atoms with Crippen LogP contribution in [0.5, 0.6) is 0 Å². The topological polar surface area (TPSA) is 18.5 Å². The summed E-state index contributed by atoms with van der Waals surface area (Å²) in [6, 6.07) is 8.51. The lowest BCUT2D eigenvalue weighted by molar-refractivity contribution is -0.0229. The van der Waals surface area contributed by atoms with Crippen LogP contribution in [0.15, 0.2) is 24.3 Å². The predicted molar refractivity (Wildman–Crippen MR) is 71.5 cm³/mol. The van der Waals surface area contributed by atoms with Crippen molar-refractivity contribution in [1.29, 1.82) is 0 Å². The summed E-state index contributed by atoms with van der Waals surface area (Å²) in [5.74, 6) is 0. The summed E-state index contributed by atoms with van der Waals surface area (Å²) in [5, 5.41) is 0. The molecule has 1 atom stereocenters. The molecule has 17 heavy (non-hydrogen) atoms. The third kappa shape index (κ3) is 3.11. The molecule has 0 amide bonds. The first-order chi connectivity index (χ1) is 8.00. The lowest BCUT2D eigenvalue weighted by Crippen LogP contribution is -2.51. The Morgan fingerprint density at radius 3 is 2.47 bits per heavy atom. The third-order valence-corrected chi connectivity index (χ3v) is 3.22. The molecule has 0 aliphatic carbocycles. The summed E-state index contributed by atoms with van der Waals surface area (Å²) in [6.45, 7) is 8.52. The second-order valence-electron chi connectivity index (χ2n) is 5.46. The minimum atomic E-state index is -0.223. The van der Waals surface area contributed by atoms with E-state index in [0.29, 0.717) is 0 Å². The largest absolute Gasteiger partial charge is 0.494 e. The lowest BCUT2D eigenvalue weighted by Gasteiger charge is -2.38. The molecule has 1 unspecified atom stereocenters. The fraction of sp³-hybridized carbons (Fsp3) is 0.571. The van der Waals surface area contributed by atoms with Gasteiger partial charge in [0.2, 0.25) is 0 Å². The molecule has 92 valence electrons. The van der Waals surface area contributed by atoms with Gasteiger partial charge in [-0.2, -0.15) is 0 Å². The molecule has 0 saturated carbocycles. The maximum Gasteiger partial charge on any atom is 0.494 e. The summed E-state index contributed by atoms with van der Waals surface area (Å²) in [5.41, 5.74) is 2.35. The van der Waals surface area contributed by atoms with Crippen LogP contribution >= 0.6 is 0 Å². The third-order valence-electron chi connectivity index (χ3n) is 3.22. The fourth-order valence-corrected chi connectivity index (χ4v) is 2.37. The second kappa shape index (κ2) is 4.83. The van der Waals surface area contributed by atoms with Gasteiger partial charge < -0.3 is 9.31 Å². The van der Waals surface area contributed by atoms with Crippen LogP contribution in [0.4, 0.5) is 0 Å². The van der Waals surface area contributed by atoms with Gasteiger partial charge in [-0.25, -0.2) is 0 Å². The standard InChI is InChI=1S/C14H21BO2/c1-5-12-6-8-13(9-7-12)15-16-11(2)10-14(3,4)17-15/h6-9,11H,5,10H2,1-4H3. The second-order valence-corrected chi connectivity index (χ2v) is 5.46. The molecule has 0 N–H and O–H groups in total. The molecule has 2 nitrogen and oxygen atoms in total. The zero-order valence-electron chi connectivity index (χ0n) is 11.2. The molecule has 1 fully saturated rings. The Labute approximate surface area is 104 Å². The van der Waals surface area contributed by atoms with Crippen LogP contribution in [0.1, 0.15) is 39.7 Å². The van der Waals surface area contributed by atoms with Crippen LogP contribution in [0.25, 0.3) is 0 Å². The van der Waals surface area contributed by atoms with Gasteiger partial charge in [0.25, 0.3) is 0 Å². The number of hydrogen-bond donors (Lipinski definition) is 0. The molecule has 3 heteroatoms. The zero-order valence-corrected chi connectivity index (χ0v) is 11.2. The van der Waals surface area contributed by atoms with Crippen LogP contribution < -0.4 is 5.46 Å². The summed E-state index contributed by atoms with van der Waals surface area (Å²) < 4.78 is 11.8. The van der Waals surface area contributed by atoms with E-state index >= 15 is 0 Å². The van der Waals surface area contributed by atoms with Crippen molar-refractivity contribution in [2.45, 2.75) is 52.2 Å². The van der Waals surface area contributed by atoms with Crippen molar-refractivity contribution in [1.82, 2.24) is 0 Å². The highest BCUT2D eigenvalue weighted by Gasteiger charge is 2.37. The minimum absolute atomic E-state index is 0.105. The van der Waals surface area contributed by atoms with Crippen LogP contribution in [-0.2, 0) is 15.7 Å². The van der Waals surface area contributed by atoms with Crippen molar-refractivity contribution in [3.8, 4) is 0 Å². The number of aryl methyl sites for hydroxylation is 1. The van der Waals surface area contributed by atoms with Crippen molar-refractivity contribution in [2.24, 2.45) is 0 Å². The first-order valence-corrected chi connectivity index (χ1v) is 6.42. The molecule has 1 aromatic carbocycles. The van der Waals surface area contributed by atoms with Crippen molar-refractivity contribution in [3.05, 3.63) is 29.8 Å². The molecule has 1 heterocycles. The highest BCUT2D eigenvalue weighted by atomic mass is 16.6. The quantitative estimate of drug-likeness (QED) is 0.729. The molecule has 0 spiro atoms. The summed E-state index contributed by atoms with van der Waals surface area (Å²) in [7, 11) is -0.223. The maximum atomic E-state index is 5.98. The zero-order chi connectivity index (χ0) is 12.5. The van der Waals surface area contributed by atoms with E-state index in [0.717, 1.165) is 18.3 Å². The van der Waals surface area contributed by atoms with Gasteiger partial charge in [-0.3, -0.25) is 0 Å². The van der Waals surface area contributed by atoms with E-state index in [1.807, 2.05) is 0 Å². The van der Waals surface area contributed by atoms with E-state index in [-0.39, 0.29) is 18.8 Å². The Morgan fingerprint density at radius 2 is 1.94 bits per heavy atom. The van der Waals surface area contributed by atoms with Crippen molar-refractivity contribution in [2.75, 3.05) is 0 Å². The Kier molecular flexibility index (Phi) is 3.60. The van der Waals surface area contributed by atoms with Gasteiger partial charge in [0.05, 0.1) is 5.60 Å². The average molecular weight is 232 g/mol. The van der Waals surface area contributed by atoms with E-state index in [4.69, 9.17) is 9.31 Å². The summed E-state index contributed by atoms with van der Waals surface area (Å²) in [6.07, 6.45) is 2.25. The van der Waals surface area contributed by atoms with Gasteiger partial charge in [0.1, 0.15) is 0 Å². The number of rotatable bonds is 2. The molecule has 0 bridgehead atoms. The van der Waals surface area contributed by atoms with Crippen molar-refractivity contribution >= 4 is 12.6 Å². The highest BCUT2D eigenvalue weighted by molar-refractivity contribution is 6.61. The molecule has 2 rings (SSSR count). The van der Waals surface area contributed by atoms with E-state index in [2.05, 4.69) is 52.0 Å². The SMILES string of the molecule is CCc1ccc(B2OC(C)CC(C)(C)O2)cc1. The predicted octanol–water partition coefficient (Wildman–Crippen LogP) is 2.55. The number of hydrogen-bond acceptors (Lipinski definition) is 2. The molecule has 1 aliphatic heterocycles. The van der Waals surface area contributed by atoms with Gasteiger partial charge in [-0.15, -0.1) is 0 Å². The smallest absolute Gasteiger partial charge is 0.405 e. The van der Waals surface area contributed by atoms with E-state index in [9.17, 15) is 0 Å². The van der Waals surface area contributed by atoms with Crippen LogP contribution in [-0.4, -0.2) is 18.8 Å². The van der Waals surface area contributed by atoms with E-state index in [1.165, 1.54) is 5.56 Å². The Balaban J connectivity index is 2.15. The van der Waals surface area contributed by atoms with E-state index < -0.39 is 0 Å². The molecule has 0 radical (unpaired) electrons. The normalized spacial score (nSPS) is 23.8. The van der Waals surface area contributed by atoms with Crippen LogP contribution in [0, 0.1) is 0 Å². The van der Waals surface area contributed by atoms with Crippen molar-refractivity contribution in [3.63, 3.8) is 0 Å². The summed E-state index contributed by atoms with van der Waals surface area (Å²) in [4.78, 5) is 0. The first kappa shape index (κ1) is 12.7. The Bertz CT molecular complexity index is 372. The van der Waals surface area contributed by atoms with Gasteiger partial charge in [-0.1, -0.05) is 31.2 Å². The van der Waals surface area contributed by atoms with Crippen molar-refractivity contribution < 1.29 is 9.31 Å². The highest BCUT2D eigenvalue weighted by Crippen LogP contribution is 2.25. The van der Waals surface area contributed by atoms with Gasteiger partial charge in [0.15, 0.2) is 0 Å². The van der Waals surface area contributed by atoms with Crippen LogP contribution in [0.2, 0.25) is 0 Å². The van der Waals surface area contributed by atoms with Crippen LogP contribution in [0.3, 0.4) is 0 Å². The van der Waals surface area contributed by atoms with Gasteiger partial charge in [0, 0.05) is 6.10 Å². The monoisotopic (exact) mass is 232 g/mol. The first-order valence-electron chi connectivity index (χ1n) is 6.42. The van der Waals surface area contributed by atoms with E-state index in [1.54, 1.807) is 0 Å². The lowest BCUT2D eigenvalue weighted by atomic mass is 9.74.